The van der Waals surface area contributed by atoms with Gasteiger partial charge in [-0.25, -0.2) is 4.68 Å². The summed E-state index contributed by atoms with van der Waals surface area (Å²) in [5, 5.41) is 14.9. The maximum absolute atomic E-state index is 12.9. The number of H-pyrrole nitrogens is 1. The molecule has 3 aromatic rings. The zero-order valence-electron chi connectivity index (χ0n) is 15.8. The SMILES string of the molecule is C=c1[nH]n(-c2cccc(C(=O)[O-])c2)c(=O)/c1=C\c1cc(Cl)c(OC)c(OCC)c1. The summed E-state index contributed by atoms with van der Waals surface area (Å²) < 4.78 is 12.0. The Hall–Kier alpha value is -3.45. The van der Waals surface area contributed by atoms with Crippen molar-refractivity contribution >= 4 is 30.2 Å². The molecule has 0 atom stereocenters. The van der Waals surface area contributed by atoms with Crippen LogP contribution in [0, 0.1) is 0 Å². The number of aromatic carboxylic acids is 1. The van der Waals surface area contributed by atoms with Crippen molar-refractivity contribution in [1.29, 1.82) is 0 Å². The van der Waals surface area contributed by atoms with Crippen molar-refractivity contribution < 1.29 is 19.4 Å². The highest BCUT2D eigenvalue weighted by Gasteiger charge is 2.12. The van der Waals surface area contributed by atoms with Crippen LogP contribution < -0.4 is 30.7 Å². The van der Waals surface area contributed by atoms with Crippen molar-refractivity contribution in [2.75, 3.05) is 13.7 Å². The Balaban J connectivity index is 2.16. The molecule has 8 heteroatoms. The number of rotatable bonds is 6. The van der Waals surface area contributed by atoms with E-state index in [9.17, 15) is 14.7 Å². The molecule has 0 radical (unpaired) electrons. The molecule has 0 aliphatic heterocycles. The fourth-order valence-electron chi connectivity index (χ4n) is 2.90. The summed E-state index contributed by atoms with van der Waals surface area (Å²) >= 11 is 6.27. The molecule has 0 spiro atoms. The Morgan fingerprint density at radius 3 is 2.76 bits per heavy atom. The number of methoxy groups -OCH3 is 1. The van der Waals surface area contributed by atoms with Crippen LogP contribution in [0.25, 0.3) is 18.3 Å². The molecule has 150 valence electrons. The van der Waals surface area contributed by atoms with E-state index in [0.717, 1.165) is 0 Å². The highest BCUT2D eigenvalue weighted by Crippen LogP contribution is 2.36. The summed E-state index contributed by atoms with van der Waals surface area (Å²) in [6.45, 7) is 6.13. The average Bonchev–Trinajstić information content (AvgIpc) is 2.96. The third kappa shape index (κ3) is 4.05. The standard InChI is InChI=1S/C21H19ClN2O5/c1-4-29-18-10-13(9-17(22)19(18)28-3)8-16-12(2)23-24(20(16)25)15-7-5-6-14(11-15)21(26)27/h5-11,23H,2,4H2,1,3H3,(H,26,27)/p-1/b16-8-. The molecular weight excluding hydrogens is 396 g/mol. The normalized spacial score (nSPS) is 11.5. The minimum Gasteiger partial charge on any atom is -0.545 e. The summed E-state index contributed by atoms with van der Waals surface area (Å²) in [5.74, 6) is -0.465. The molecule has 0 aliphatic carbocycles. The molecule has 2 aromatic carbocycles. The summed E-state index contributed by atoms with van der Waals surface area (Å²) in [6, 6.07) is 9.22. The van der Waals surface area contributed by atoms with Gasteiger partial charge in [0.15, 0.2) is 11.5 Å². The van der Waals surface area contributed by atoms with Gasteiger partial charge in [-0.05, 0) is 48.4 Å². The second-order valence-electron chi connectivity index (χ2n) is 6.09. The first-order valence-electron chi connectivity index (χ1n) is 8.69. The number of carboxylic acid groups (broad SMARTS) is 1. The fraction of sp³-hybridized carbons (Fsp3) is 0.143. The first kappa shape index (κ1) is 20.3. The monoisotopic (exact) mass is 413 g/mol. The van der Waals surface area contributed by atoms with Gasteiger partial charge in [0.1, 0.15) is 0 Å². The van der Waals surface area contributed by atoms with Crippen LogP contribution >= 0.6 is 11.6 Å². The van der Waals surface area contributed by atoms with E-state index in [4.69, 9.17) is 21.1 Å². The lowest BCUT2D eigenvalue weighted by molar-refractivity contribution is -0.255. The molecule has 0 fully saturated rings. The summed E-state index contributed by atoms with van der Waals surface area (Å²) in [5.41, 5.74) is 0.540. The van der Waals surface area contributed by atoms with E-state index in [2.05, 4.69) is 11.7 Å². The Morgan fingerprint density at radius 1 is 1.34 bits per heavy atom. The molecule has 7 nitrogen and oxygen atoms in total. The number of carboxylic acids is 1. The Kier molecular flexibility index (Phi) is 5.79. The van der Waals surface area contributed by atoms with Crippen LogP contribution in [0.2, 0.25) is 5.02 Å². The minimum absolute atomic E-state index is 0.0385. The number of nitrogens with zero attached hydrogens (tertiary/aromatic N) is 1. The number of benzene rings is 2. The molecule has 0 saturated heterocycles. The lowest BCUT2D eigenvalue weighted by Gasteiger charge is -2.11. The van der Waals surface area contributed by atoms with Gasteiger partial charge in [-0.1, -0.05) is 30.3 Å². The van der Waals surface area contributed by atoms with E-state index in [-0.39, 0.29) is 5.56 Å². The van der Waals surface area contributed by atoms with Crippen LogP contribution in [0.3, 0.4) is 0 Å². The van der Waals surface area contributed by atoms with E-state index in [1.54, 1.807) is 24.3 Å². The van der Waals surface area contributed by atoms with E-state index >= 15 is 0 Å². The van der Waals surface area contributed by atoms with Gasteiger partial charge in [-0.2, -0.15) is 0 Å². The molecule has 1 aromatic heterocycles. The van der Waals surface area contributed by atoms with Crippen LogP contribution in [0.15, 0.2) is 41.2 Å². The molecule has 3 rings (SSSR count). The van der Waals surface area contributed by atoms with Crippen molar-refractivity contribution in [2.24, 2.45) is 0 Å². The second-order valence-corrected chi connectivity index (χ2v) is 6.50. The zero-order chi connectivity index (χ0) is 21.1. The predicted molar refractivity (Wildman–Crippen MR) is 108 cm³/mol. The number of nitrogens with one attached hydrogen (secondary N) is 1. The molecular formula is C21H18ClN2O5-. The summed E-state index contributed by atoms with van der Waals surface area (Å²) in [6.07, 6.45) is 1.62. The molecule has 0 aliphatic rings. The smallest absolute Gasteiger partial charge is 0.279 e. The predicted octanol–water partition coefficient (Wildman–Crippen LogP) is 0.829. The maximum Gasteiger partial charge on any atom is 0.279 e. The minimum atomic E-state index is -1.33. The Bertz CT molecular complexity index is 1240. The van der Waals surface area contributed by atoms with Gasteiger partial charge < -0.3 is 19.4 Å². The fourth-order valence-corrected chi connectivity index (χ4v) is 3.19. The van der Waals surface area contributed by atoms with Gasteiger partial charge in [0.05, 0.1) is 41.0 Å². The number of carbonyl (C=O) groups is 1. The van der Waals surface area contributed by atoms with Crippen molar-refractivity contribution in [1.82, 2.24) is 9.78 Å². The van der Waals surface area contributed by atoms with E-state index in [0.29, 0.717) is 44.9 Å². The Labute approximate surface area is 171 Å². The van der Waals surface area contributed by atoms with Crippen LogP contribution in [0.4, 0.5) is 0 Å². The average molecular weight is 414 g/mol. The van der Waals surface area contributed by atoms with Crippen LogP contribution in [-0.2, 0) is 0 Å². The van der Waals surface area contributed by atoms with Gasteiger partial charge in [0.2, 0.25) is 0 Å². The second kappa shape index (κ2) is 8.28. The molecule has 0 bridgehead atoms. The molecule has 0 saturated carbocycles. The van der Waals surface area contributed by atoms with Gasteiger partial charge in [0, 0.05) is 0 Å². The highest BCUT2D eigenvalue weighted by molar-refractivity contribution is 6.32. The van der Waals surface area contributed by atoms with Crippen LogP contribution in [-0.4, -0.2) is 29.5 Å². The van der Waals surface area contributed by atoms with Crippen LogP contribution in [0.1, 0.15) is 22.8 Å². The van der Waals surface area contributed by atoms with Crippen molar-refractivity contribution in [2.45, 2.75) is 6.92 Å². The number of halogens is 1. The molecule has 1 N–H and O–H groups in total. The number of hydrogen-bond donors (Lipinski definition) is 1. The third-order valence-corrected chi connectivity index (χ3v) is 4.47. The molecule has 29 heavy (non-hydrogen) atoms. The van der Waals surface area contributed by atoms with Gasteiger partial charge in [0.25, 0.3) is 5.56 Å². The number of carbonyl (C=O) groups excluding carboxylic acids is 1. The van der Waals surface area contributed by atoms with Crippen molar-refractivity contribution in [3.63, 3.8) is 0 Å². The van der Waals surface area contributed by atoms with Gasteiger partial charge in [-0.15, -0.1) is 0 Å². The lowest BCUT2D eigenvalue weighted by Crippen LogP contribution is -2.34. The van der Waals surface area contributed by atoms with Crippen LogP contribution in [0.5, 0.6) is 11.5 Å². The van der Waals surface area contributed by atoms with Crippen molar-refractivity contribution in [3.05, 3.63) is 73.5 Å². The highest BCUT2D eigenvalue weighted by atomic mass is 35.5. The summed E-state index contributed by atoms with van der Waals surface area (Å²) in [7, 11) is 1.49. The van der Waals surface area contributed by atoms with Gasteiger partial charge >= 0.3 is 0 Å². The number of aromatic nitrogens is 2. The number of aromatic amines is 1. The van der Waals surface area contributed by atoms with E-state index in [1.807, 2.05) is 6.92 Å². The maximum atomic E-state index is 12.9. The molecule has 0 unspecified atom stereocenters. The topological polar surface area (TPSA) is 96.4 Å². The number of hydrogen-bond acceptors (Lipinski definition) is 5. The quantitative estimate of drug-likeness (QED) is 0.645. The Morgan fingerprint density at radius 2 is 2.10 bits per heavy atom. The largest absolute Gasteiger partial charge is 0.545 e. The molecule has 1 heterocycles. The summed E-state index contributed by atoms with van der Waals surface area (Å²) in [4.78, 5) is 24.0. The third-order valence-electron chi connectivity index (χ3n) is 4.19. The first-order valence-corrected chi connectivity index (χ1v) is 9.07. The lowest BCUT2D eigenvalue weighted by atomic mass is 10.1. The zero-order valence-corrected chi connectivity index (χ0v) is 16.6. The molecule has 0 amide bonds. The van der Waals surface area contributed by atoms with Crippen molar-refractivity contribution in [3.8, 4) is 17.2 Å². The van der Waals surface area contributed by atoms with E-state index in [1.165, 1.54) is 30.0 Å². The first-order chi connectivity index (χ1) is 13.8. The van der Waals surface area contributed by atoms with E-state index < -0.39 is 11.5 Å². The van der Waals surface area contributed by atoms with Gasteiger partial charge in [-0.3, -0.25) is 9.89 Å². The number of ether oxygens (including phenoxy) is 2.